The van der Waals surface area contributed by atoms with E-state index in [1.807, 2.05) is 24.5 Å². The molecule has 6 heteroatoms. The smallest absolute Gasteiger partial charge is 0.244 e. The monoisotopic (exact) mass is 309 g/mol. The van der Waals surface area contributed by atoms with Crippen LogP contribution in [0.4, 0.5) is 0 Å². The summed E-state index contributed by atoms with van der Waals surface area (Å²) in [7, 11) is 1.76. The second kappa shape index (κ2) is 9.39. The van der Waals surface area contributed by atoms with Crippen molar-refractivity contribution in [1.29, 1.82) is 0 Å². The molecule has 0 saturated heterocycles. The standard InChI is InChI=1S/C15H23N3O2S/c1-12(19)17-14(8-11-21-3)15(20)18(2)10-7-13-6-4-5-9-16-13/h4-6,9,14H,7-8,10-11H2,1-3H3,(H,17,19). The number of likely N-dealkylation sites (N-methyl/N-ethyl adjacent to an activating group) is 1. The maximum Gasteiger partial charge on any atom is 0.244 e. The number of nitrogens with zero attached hydrogens (tertiary/aromatic N) is 2. The lowest BCUT2D eigenvalue weighted by molar-refractivity contribution is -0.135. The molecule has 1 N–H and O–H groups in total. The van der Waals surface area contributed by atoms with Crippen LogP contribution < -0.4 is 5.32 Å². The molecule has 0 spiro atoms. The number of hydrogen-bond donors (Lipinski definition) is 1. The molecule has 21 heavy (non-hydrogen) atoms. The van der Waals surface area contributed by atoms with Crippen LogP contribution in [0.3, 0.4) is 0 Å². The van der Waals surface area contributed by atoms with Crippen LogP contribution in [0.25, 0.3) is 0 Å². The lowest BCUT2D eigenvalue weighted by Crippen LogP contribution is -2.47. The quantitative estimate of drug-likeness (QED) is 0.787. The maximum atomic E-state index is 12.4. The Bertz CT molecular complexity index is 453. The minimum absolute atomic E-state index is 0.0461. The maximum absolute atomic E-state index is 12.4. The third-order valence-corrected chi connectivity index (χ3v) is 3.74. The summed E-state index contributed by atoms with van der Waals surface area (Å²) in [4.78, 5) is 29.5. The Balaban J connectivity index is 2.54. The summed E-state index contributed by atoms with van der Waals surface area (Å²) in [6.45, 7) is 2.03. The summed E-state index contributed by atoms with van der Waals surface area (Å²) in [6, 6.07) is 5.30. The highest BCUT2D eigenvalue weighted by atomic mass is 32.2. The highest BCUT2D eigenvalue weighted by Gasteiger charge is 2.22. The van der Waals surface area contributed by atoms with E-state index in [0.29, 0.717) is 19.4 Å². The van der Waals surface area contributed by atoms with Gasteiger partial charge in [0, 0.05) is 38.8 Å². The fourth-order valence-corrected chi connectivity index (χ4v) is 2.41. The van der Waals surface area contributed by atoms with Gasteiger partial charge in [-0.15, -0.1) is 0 Å². The normalized spacial score (nSPS) is 11.8. The first kappa shape index (κ1) is 17.5. The van der Waals surface area contributed by atoms with Gasteiger partial charge < -0.3 is 10.2 Å². The van der Waals surface area contributed by atoms with E-state index in [1.54, 1.807) is 29.9 Å². The molecular formula is C15H23N3O2S. The van der Waals surface area contributed by atoms with Crippen LogP contribution in [0, 0.1) is 0 Å². The number of hydrogen-bond acceptors (Lipinski definition) is 4. The number of thioether (sulfide) groups is 1. The zero-order valence-electron chi connectivity index (χ0n) is 12.8. The van der Waals surface area contributed by atoms with Crippen molar-refractivity contribution in [3.05, 3.63) is 30.1 Å². The van der Waals surface area contributed by atoms with Gasteiger partial charge in [-0.05, 0) is 30.6 Å². The highest BCUT2D eigenvalue weighted by molar-refractivity contribution is 7.98. The van der Waals surface area contributed by atoms with E-state index in [-0.39, 0.29) is 11.8 Å². The van der Waals surface area contributed by atoms with Gasteiger partial charge in [-0.25, -0.2) is 0 Å². The van der Waals surface area contributed by atoms with E-state index >= 15 is 0 Å². The van der Waals surface area contributed by atoms with Crippen LogP contribution in [0.15, 0.2) is 24.4 Å². The van der Waals surface area contributed by atoms with Crippen LogP contribution in [-0.2, 0) is 16.0 Å². The van der Waals surface area contributed by atoms with E-state index in [4.69, 9.17) is 0 Å². The van der Waals surface area contributed by atoms with Crippen molar-refractivity contribution in [2.24, 2.45) is 0 Å². The number of carbonyl (C=O) groups excluding carboxylic acids is 2. The zero-order valence-corrected chi connectivity index (χ0v) is 13.7. The van der Waals surface area contributed by atoms with Crippen LogP contribution in [-0.4, -0.2) is 53.3 Å². The van der Waals surface area contributed by atoms with Gasteiger partial charge >= 0.3 is 0 Å². The van der Waals surface area contributed by atoms with Gasteiger partial charge in [-0.1, -0.05) is 6.07 Å². The SMILES string of the molecule is CSCCC(NC(C)=O)C(=O)N(C)CCc1ccccn1. The van der Waals surface area contributed by atoms with Crippen molar-refractivity contribution in [2.75, 3.05) is 25.6 Å². The summed E-state index contributed by atoms with van der Waals surface area (Å²) in [5, 5.41) is 2.73. The van der Waals surface area contributed by atoms with Crippen LogP contribution in [0.2, 0.25) is 0 Å². The molecule has 1 aromatic rings. The number of nitrogens with one attached hydrogen (secondary N) is 1. The first-order chi connectivity index (χ1) is 10.0. The first-order valence-electron chi connectivity index (χ1n) is 6.95. The van der Waals surface area contributed by atoms with Crippen molar-refractivity contribution >= 4 is 23.6 Å². The van der Waals surface area contributed by atoms with E-state index < -0.39 is 6.04 Å². The minimum Gasteiger partial charge on any atom is -0.345 e. The molecule has 2 amide bonds. The first-order valence-corrected chi connectivity index (χ1v) is 8.35. The summed E-state index contributed by atoms with van der Waals surface area (Å²) < 4.78 is 0. The number of carbonyl (C=O) groups is 2. The molecule has 1 unspecified atom stereocenters. The lowest BCUT2D eigenvalue weighted by atomic mass is 10.2. The number of aromatic nitrogens is 1. The van der Waals surface area contributed by atoms with E-state index in [0.717, 1.165) is 11.4 Å². The molecule has 1 aromatic heterocycles. The predicted molar refractivity (Wildman–Crippen MR) is 86.2 cm³/mol. The molecule has 116 valence electrons. The lowest BCUT2D eigenvalue weighted by Gasteiger charge is -2.24. The Morgan fingerprint density at radius 1 is 1.43 bits per heavy atom. The largest absolute Gasteiger partial charge is 0.345 e. The van der Waals surface area contributed by atoms with Crippen molar-refractivity contribution < 1.29 is 9.59 Å². The summed E-state index contributed by atoms with van der Waals surface area (Å²) in [5.74, 6) is 0.618. The average molecular weight is 309 g/mol. The Hall–Kier alpha value is -1.56. The molecule has 0 fully saturated rings. The molecule has 0 bridgehead atoms. The Morgan fingerprint density at radius 2 is 2.19 bits per heavy atom. The van der Waals surface area contributed by atoms with Gasteiger partial charge in [0.15, 0.2) is 0 Å². The van der Waals surface area contributed by atoms with E-state index in [9.17, 15) is 9.59 Å². The summed E-state index contributed by atoms with van der Waals surface area (Å²) in [6.07, 6.45) is 5.09. The number of rotatable bonds is 8. The molecule has 1 rings (SSSR count). The molecule has 5 nitrogen and oxygen atoms in total. The van der Waals surface area contributed by atoms with E-state index in [1.165, 1.54) is 6.92 Å². The van der Waals surface area contributed by atoms with Gasteiger partial charge in [0.2, 0.25) is 11.8 Å². The van der Waals surface area contributed by atoms with Crippen molar-refractivity contribution in [1.82, 2.24) is 15.2 Å². The van der Waals surface area contributed by atoms with Gasteiger partial charge in [-0.3, -0.25) is 14.6 Å². The molecule has 0 radical (unpaired) electrons. The number of amides is 2. The average Bonchev–Trinajstić information content (AvgIpc) is 2.49. The molecule has 1 heterocycles. The second-order valence-corrected chi connectivity index (χ2v) is 5.85. The van der Waals surface area contributed by atoms with Crippen molar-refractivity contribution in [3.8, 4) is 0 Å². The Labute approximate surface area is 130 Å². The van der Waals surface area contributed by atoms with Gasteiger partial charge in [0.05, 0.1) is 0 Å². The Kier molecular flexibility index (Phi) is 7.82. The summed E-state index contributed by atoms with van der Waals surface area (Å²) >= 11 is 1.66. The second-order valence-electron chi connectivity index (χ2n) is 4.87. The molecule has 0 aromatic carbocycles. The fourth-order valence-electron chi connectivity index (χ4n) is 1.94. The topological polar surface area (TPSA) is 62.3 Å². The van der Waals surface area contributed by atoms with Crippen molar-refractivity contribution in [3.63, 3.8) is 0 Å². The molecule has 1 atom stereocenters. The summed E-state index contributed by atoms with van der Waals surface area (Å²) in [5.41, 5.74) is 0.956. The highest BCUT2D eigenvalue weighted by Crippen LogP contribution is 2.05. The van der Waals surface area contributed by atoms with Crippen LogP contribution in [0.5, 0.6) is 0 Å². The van der Waals surface area contributed by atoms with Crippen molar-refractivity contribution in [2.45, 2.75) is 25.8 Å². The van der Waals surface area contributed by atoms with Crippen LogP contribution >= 0.6 is 11.8 Å². The predicted octanol–water partition coefficient (Wildman–Crippen LogP) is 1.34. The molecule has 0 saturated carbocycles. The minimum atomic E-state index is -0.441. The third kappa shape index (κ3) is 6.62. The molecular weight excluding hydrogens is 286 g/mol. The third-order valence-electron chi connectivity index (χ3n) is 3.09. The zero-order chi connectivity index (χ0) is 15.7. The fraction of sp³-hybridized carbons (Fsp3) is 0.533. The molecule has 0 aliphatic heterocycles. The van der Waals surface area contributed by atoms with Crippen LogP contribution in [0.1, 0.15) is 19.0 Å². The Morgan fingerprint density at radius 3 is 2.76 bits per heavy atom. The van der Waals surface area contributed by atoms with E-state index in [2.05, 4.69) is 10.3 Å². The van der Waals surface area contributed by atoms with Gasteiger partial charge in [-0.2, -0.15) is 11.8 Å². The number of pyridine rings is 1. The van der Waals surface area contributed by atoms with Gasteiger partial charge in [0.1, 0.15) is 6.04 Å². The molecule has 0 aliphatic rings. The van der Waals surface area contributed by atoms with Gasteiger partial charge in [0.25, 0.3) is 0 Å². The molecule has 0 aliphatic carbocycles.